The van der Waals surface area contributed by atoms with Crippen molar-refractivity contribution in [3.63, 3.8) is 0 Å². The standard InChI is InChI=1S/C22H19FN4O3S2/c23-15-7-1-2-8-16(15)25-17(28)12-31-22-26-18-14-6-3-9-24-20(14)32-19(18)21(29)27(22)11-13-5-4-10-30-13/h1-3,6-9,13H,4-5,10-12H2,(H,25,28)/t13-/m0/s1. The Morgan fingerprint density at radius 3 is 3.00 bits per heavy atom. The zero-order valence-electron chi connectivity index (χ0n) is 16.9. The van der Waals surface area contributed by atoms with E-state index in [1.165, 1.54) is 23.5 Å². The van der Waals surface area contributed by atoms with Gasteiger partial charge in [0.2, 0.25) is 5.91 Å². The van der Waals surface area contributed by atoms with Gasteiger partial charge < -0.3 is 10.1 Å². The fraction of sp³-hybridized carbons (Fsp3) is 0.273. The van der Waals surface area contributed by atoms with Crippen LogP contribution in [-0.4, -0.2) is 38.9 Å². The average Bonchev–Trinajstić information content (AvgIpc) is 3.44. The normalized spacial score (nSPS) is 16.1. The number of halogens is 1. The van der Waals surface area contributed by atoms with Crippen LogP contribution in [0.1, 0.15) is 12.8 Å². The quantitative estimate of drug-likeness (QED) is 0.338. The minimum Gasteiger partial charge on any atom is -0.376 e. The number of hydrogen-bond donors (Lipinski definition) is 1. The second kappa shape index (κ2) is 8.97. The molecule has 5 rings (SSSR count). The highest BCUT2D eigenvalue weighted by Gasteiger charge is 2.22. The maximum atomic E-state index is 13.8. The summed E-state index contributed by atoms with van der Waals surface area (Å²) < 4.78 is 21.7. The molecule has 1 aliphatic heterocycles. The molecule has 4 heterocycles. The second-order valence-electron chi connectivity index (χ2n) is 7.40. The Morgan fingerprint density at radius 1 is 1.31 bits per heavy atom. The van der Waals surface area contributed by atoms with Crippen molar-refractivity contribution >= 4 is 55.1 Å². The molecule has 1 aromatic carbocycles. The lowest BCUT2D eigenvalue weighted by molar-refractivity contribution is -0.113. The van der Waals surface area contributed by atoms with Crippen LogP contribution in [0.25, 0.3) is 20.4 Å². The summed E-state index contributed by atoms with van der Waals surface area (Å²) in [6, 6.07) is 9.69. The fourth-order valence-corrected chi connectivity index (χ4v) is 5.52. The molecule has 0 bridgehead atoms. The number of rotatable bonds is 6. The molecular formula is C22H19FN4O3S2. The number of fused-ring (bicyclic) bond motifs is 3. The van der Waals surface area contributed by atoms with Crippen LogP contribution in [0.5, 0.6) is 0 Å². The Kier molecular flexibility index (Phi) is 5.90. The van der Waals surface area contributed by atoms with E-state index in [2.05, 4.69) is 10.3 Å². The molecule has 0 spiro atoms. The van der Waals surface area contributed by atoms with E-state index in [4.69, 9.17) is 9.72 Å². The molecule has 0 saturated carbocycles. The first kappa shape index (κ1) is 21.0. The van der Waals surface area contributed by atoms with Gasteiger partial charge in [0.15, 0.2) is 5.16 Å². The van der Waals surface area contributed by atoms with E-state index >= 15 is 0 Å². The van der Waals surface area contributed by atoms with Gasteiger partial charge in [-0.15, -0.1) is 11.3 Å². The van der Waals surface area contributed by atoms with E-state index in [1.54, 1.807) is 22.9 Å². The van der Waals surface area contributed by atoms with Crippen molar-refractivity contribution in [1.82, 2.24) is 14.5 Å². The molecule has 1 saturated heterocycles. The summed E-state index contributed by atoms with van der Waals surface area (Å²) >= 11 is 2.47. The maximum absolute atomic E-state index is 13.8. The topological polar surface area (TPSA) is 86.1 Å². The van der Waals surface area contributed by atoms with Crippen LogP contribution in [-0.2, 0) is 16.1 Å². The molecule has 10 heteroatoms. The van der Waals surface area contributed by atoms with Crippen LogP contribution in [0, 0.1) is 5.82 Å². The van der Waals surface area contributed by atoms with Gasteiger partial charge in [0.1, 0.15) is 15.3 Å². The monoisotopic (exact) mass is 470 g/mol. The van der Waals surface area contributed by atoms with Gasteiger partial charge >= 0.3 is 0 Å². The predicted octanol–water partition coefficient (Wildman–Crippen LogP) is 4.06. The third kappa shape index (κ3) is 4.13. The first-order valence-corrected chi connectivity index (χ1v) is 12.0. The zero-order valence-corrected chi connectivity index (χ0v) is 18.5. The first-order chi connectivity index (χ1) is 15.6. The second-order valence-corrected chi connectivity index (χ2v) is 9.34. The van der Waals surface area contributed by atoms with Gasteiger partial charge in [-0.2, -0.15) is 0 Å². The molecule has 164 valence electrons. The lowest BCUT2D eigenvalue weighted by atomic mass is 10.2. The van der Waals surface area contributed by atoms with Gasteiger partial charge in [0.05, 0.1) is 29.6 Å². The largest absolute Gasteiger partial charge is 0.376 e. The highest BCUT2D eigenvalue weighted by molar-refractivity contribution is 7.99. The van der Waals surface area contributed by atoms with Gasteiger partial charge in [-0.1, -0.05) is 23.9 Å². The van der Waals surface area contributed by atoms with E-state index in [1.807, 2.05) is 12.1 Å². The molecule has 1 N–H and O–H groups in total. The summed E-state index contributed by atoms with van der Waals surface area (Å²) in [6.45, 7) is 1.05. The minimum absolute atomic E-state index is 0.0157. The number of anilines is 1. The van der Waals surface area contributed by atoms with E-state index in [9.17, 15) is 14.0 Å². The van der Waals surface area contributed by atoms with Crippen molar-refractivity contribution in [1.29, 1.82) is 0 Å². The number of nitrogens with one attached hydrogen (secondary N) is 1. The number of para-hydroxylation sites is 1. The van der Waals surface area contributed by atoms with Gasteiger partial charge in [0.25, 0.3) is 5.56 Å². The molecular weight excluding hydrogens is 451 g/mol. The molecule has 32 heavy (non-hydrogen) atoms. The number of pyridine rings is 1. The Labute approximate surface area is 190 Å². The molecule has 1 amide bonds. The van der Waals surface area contributed by atoms with Gasteiger partial charge in [-0.25, -0.2) is 14.4 Å². The molecule has 0 aliphatic carbocycles. The van der Waals surface area contributed by atoms with Gasteiger partial charge in [-0.3, -0.25) is 14.2 Å². The number of carbonyl (C=O) groups is 1. The van der Waals surface area contributed by atoms with Crippen LogP contribution in [0.4, 0.5) is 10.1 Å². The zero-order chi connectivity index (χ0) is 22.1. The number of hydrogen-bond acceptors (Lipinski definition) is 7. The third-order valence-electron chi connectivity index (χ3n) is 5.21. The number of thioether (sulfide) groups is 1. The Hall–Kier alpha value is -2.82. The maximum Gasteiger partial charge on any atom is 0.272 e. The fourth-order valence-electron chi connectivity index (χ4n) is 3.68. The van der Waals surface area contributed by atoms with Crippen LogP contribution < -0.4 is 10.9 Å². The smallest absolute Gasteiger partial charge is 0.272 e. The Morgan fingerprint density at radius 2 is 2.19 bits per heavy atom. The van der Waals surface area contributed by atoms with Crippen molar-refractivity contribution < 1.29 is 13.9 Å². The van der Waals surface area contributed by atoms with Gasteiger partial charge in [0, 0.05) is 18.2 Å². The molecule has 3 aromatic heterocycles. The van der Waals surface area contributed by atoms with Crippen LogP contribution in [0.2, 0.25) is 0 Å². The highest BCUT2D eigenvalue weighted by atomic mass is 32.2. The van der Waals surface area contributed by atoms with Crippen LogP contribution >= 0.6 is 23.1 Å². The van der Waals surface area contributed by atoms with Crippen molar-refractivity contribution in [2.75, 3.05) is 17.7 Å². The van der Waals surface area contributed by atoms with E-state index < -0.39 is 5.82 Å². The number of benzene rings is 1. The number of ether oxygens (including phenoxy) is 1. The Bertz CT molecular complexity index is 1360. The molecule has 1 aliphatic rings. The molecule has 1 atom stereocenters. The minimum atomic E-state index is -0.502. The lowest BCUT2D eigenvalue weighted by Crippen LogP contribution is -2.28. The Balaban J connectivity index is 1.48. The summed E-state index contributed by atoms with van der Waals surface area (Å²) in [5, 5.41) is 3.81. The summed E-state index contributed by atoms with van der Waals surface area (Å²) in [5.74, 6) is -0.897. The van der Waals surface area contributed by atoms with Crippen LogP contribution in [0.3, 0.4) is 0 Å². The van der Waals surface area contributed by atoms with Crippen LogP contribution in [0.15, 0.2) is 52.5 Å². The summed E-state index contributed by atoms with van der Waals surface area (Å²) in [6.07, 6.45) is 3.45. The molecule has 4 aromatic rings. The highest BCUT2D eigenvalue weighted by Crippen LogP contribution is 2.31. The van der Waals surface area contributed by atoms with Crippen molar-refractivity contribution in [3.8, 4) is 0 Å². The SMILES string of the molecule is O=C(CSc1nc2c(sc3ncccc32)c(=O)n1C[C@@H]1CCCO1)Nc1ccccc1F. The number of nitrogens with zero attached hydrogens (tertiary/aromatic N) is 3. The summed E-state index contributed by atoms with van der Waals surface area (Å²) in [5.41, 5.74) is 0.544. The van der Waals surface area contributed by atoms with Gasteiger partial charge in [-0.05, 0) is 37.1 Å². The summed E-state index contributed by atoms with van der Waals surface area (Å²) in [7, 11) is 0. The number of carbonyl (C=O) groups excluding carboxylic acids is 1. The van der Waals surface area contributed by atoms with E-state index in [0.717, 1.165) is 34.8 Å². The van der Waals surface area contributed by atoms with Crippen molar-refractivity contribution in [3.05, 3.63) is 58.8 Å². The van der Waals surface area contributed by atoms with E-state index in [0.29, 0.717) is 28.5 Å². The van der Waals surface area contributed by atoms with Crippen molar-refractivity contribution in [2.24, 2.45) is 0 Å². The number of thiophene rings is 1. The summed E-state index contributed by atoms with van der Waals surface area (Å²) in [4.78, 5) is 35.7. The molecule has 0 radical (unpaired) electrons. The molecule has 1 fully saturated rings. The molecule has 7 nitrogen and oxygen atoms in total. The number of aromatic nitrogens is 3. The average molecular weight is 471 g/mol. The third-order valence-corrected chi connectivity index (χ3v) is 7.28. The number of amides is 1. The lowest BCUT2D eigenvalue weighted by Gasteiger charge is -2.15. The van der Waals surface area contributed by atoms with Crippen molar-refractivity contribution in [2.45, 2.75) is 30.6 Å². The first-order valence-electron chi connectivity index (χ1n) is 10.2. The predicted molar refractivity (Wildman–Crippen MR) is 124 cm³/mol. The molecule has 0 unspecified atom stereocenters. The van der Waals surface area contributed by atoms with E-state index in [-0.39, 0.29) is 29.0 Å².